The van der Waals surface area contributed by atoms with Crippen LogP contribution in [0.25, 0.3) is 0 Å². The van der Waals surface area contributed by atoms with E-state index < -0.39 is 0 Å². The lowest BCUT2D eigenvalue weighted by molar-refractivity contribution is 0.175. The maximum atomic E-state index is 6.20. The molecule has 1 aromatic heterocycles. The monoisotopic (exact) mass is 329 g/mol. The van der Waals surface area contributed by atoms with Gasteiger partial charge in [-0.3, -0.25) is 0 Å². The average molecular weight is 330 g/mol. The molecule has 2 unspecified atom stereocenters. The predicted octanol–water partition coefficient (Wildman–Crippen LogP) is 5.22. The number of thiophene rings is 1. The average Bonchev–Trinajstić information content (AvgIpc) is 2.86. The van der Waals surface area contributed by atoms with Crippen molar-refractivity contribution in [3.8, 4) is 5.75 Å². The van der Waals surface area contributed by atoms with Crippen molar-refractivity contribution in [1.29, 1.82) is 0 Å². The SMILES string of the molecule is CCC(N)C(Oc1cccc(Cl)c1Cl)c1ccc(C)s1. The van der Waals surface area contributed by atoms with Gasteiger partial charge in [0.05, 0.1) is 5.02 Å². The van der Waals surface area contributed by atoms with E-state index in [-0.39, 0.29) is 12.1 Å². The van der Waals surface area contributed by atoms with E-state index in [0.717, 1.165) is 11.3 Å². The summed E-state index contributed by atoms with van der Waals surface area (Å²) in [5, 5.41) is 0.908. The van der Waals surface area contributed by atoms with Crippen LogP contribution in [0.2, 0.25) is 10.0 Å². The second-order valence-corrected chi connectivity index (χ2v) is 6.72. The maximum Gasteiger partial charge on any atom is 0.148 e. The minimum atomic E-state index is -0.213. The van der Waals surface area contributed by atoms with Crippen LogP contribution in [0.3, 0.4) is 0 Å². The van der Waals surface area contributed by atoms with Crippen molar-refractivity contribution in [2.24, 2.45) is 5.73 Å². The smallest absolute Gasteiger partial charge is 0.148 e. The third-order valence-electron chi connectivity index (χ3n) is 3.07. The lowest BCUT2D eigenvalue weighted by Gasteiger charge is -2.24. The van der Waals surface area contributed by atoms with Crippen LogP contribution in [0.15, 0.2) is 30.3 Å². The zero-order valence-electron chi connectivity index (χ0n) is 11.4. The van der Waals surface area contributed by atoms with Gasteiger partial charge in [-0.05, 0) is 37.6 Å². The van der Waals surface area contributed by atoms with E-state index >= 15 is 0 Å². The molecule has 2 nitrogen and oxygen atoms in total. The highest BCUT2D eigenvalue weighted by atomic mass is 35.5. The van der Waals surface area contributed by atoms with Crippen molar-refractivity contribution < 1.29 is 4.74 Å². The Balaban J connectivity index is 2.31. The summed E-state index contributed by atoms with van der Waals surface area (Å²) in [6.45, 7) is 4.11. The molecule has 5 heteroatoms. The summed E-state index contributed by atoms with van der Waals surface area (Å²) in [7, 11) is 0. The number of aryl methyl sites for hydroxylation is 1. The van der Waals surface area contributed by atoms with Crippen molar-refractivity contribution in [3.05, 3.63) is 50.1 Å². The second-order valence-electron chi connectivity index (χ2n) is 4.61. The summed E-state index contributed by atoms with van der Waals surface area (Å²) in [6, 6.07) is 9.39. The van der Waals surface area contributed by atoms with Crippen LogP contribution in [0.5, 0.6) is 5.75 Å². The Hall–Kier alpha value is -0.740. The minimum absolute atomic E-state index is 0.0944. The van der Waals surface area contributed by atoms with Gasteiger partial charge in [0.2, 0.25) is 0 Å². The molecule has 0 aliphatic heterocycles. The molecule has 2 N–H and O–H groups in total. The molecule has 0 amide bonds. The summed E-state index contributed by atoms with van der Waals surface area (Å²) in [4.78, 5) is 2.34. The quantitative estimate of drug-likeness (QED) is 0.815. The molecule has 0 aliphatic rings. The molecule has 0 spiro atoms. The zero-order chi connectivity index (χ0) is 14.7. The zero-order valence-corrected chi connectivity index (χ0v) is 13.7. The molecule has 0 aliphatic carbocycles. The minimum Gasteiger partial charge on any atom is -0.482 e. The summed E-state index contributed by atoms with van der Waals surface area (Å²) < 4.78 is 6.05. The Morgan fingerprint density at radius 1 is 1.25 bits per heavy atom. The van der Waals surface area contributed by atoms with E-state index in [1.165, 1.54) is 4.88 Å². The topological polar surface area (TPSA) is 35.2 Å². The van der Waals surface area contributed by atoms with Crippen LogP contribution in [-0.4, -0.2) is 6.04 Å². The number of rotatable bonds is 5. The first-order valence-corrected chi connectivity index (χ1v) is 8.02. The lowest BCUT2D eigenvalue weighted by atomic mass is 10.1. The summed E-state index contributed by atoms with van der Waals surface area (Å²) in [6.07, 6.45) is 0.606. The van der Waals surface area contributed by atoms with Crippen molar-refractivity contribution in [2.75, 3.05) is 0 Å². The largest absolute Gasteiger partial charge is 0.482 e. The van der Waals surface area contributed by atoms with Gasteiger partial charge in [0, 0.05) is 15.8 Å². The first-order valence-electron chi connectivity index (χ1n) is 6.45. The molecule has 0 saturated carbocycles. The summed E-state index contributed by atoms with van der Waals surface area (Å²) >= 11 is 13.9. The Morgan fingerprint density at radius 3 is 2.60 bits per heavy atom. The third kappa shape index (κ3) is 3.47. The van der Waals surface area contributed by atoms with E-state index in [9.17, 15) is 0 Å². The van der Waals surface area contributed by atoms with Gasteiger partial charge in [0.1, 0.15) is 16.9 Å². The van der Waals surface area contributed by atoms with Gasteiger partial charge < -0.3 is 10.5 Å². The van der Waals surface area contributed by atoms with Crippen LogP contribution in [-0.2, 0) is 0 Å². The highest BCUT2D eigenvalue weighted by Gasteiger charge is 2.23. The molecule has 2 rings (SSSR count). The standard InChI is InChI=1S/C15H17Cl2NOS/c1-3-11(18)15(13-8-7-9(2)20-13)19-12-6-4-5-10(16)14(12)17/h4-8,11,15H,3,18H2,1-2H3. The van der Waals surface area contributed by atoms with Crippen LogP contribution in [0, 0.1) is 6.92 Å². The fraction of sp³-hybridized carbons (Fsp3) is 0.333. The summed E-state index contributed by atoms with van der Waals surface area (Å²) in [5.41, 5.74) is 6.20. The highest BCUT2D eigenvalue weighted by molar-refractivity contribution is 7.12. The van der Waals surface area contributed by atoms with E-state index in [4.69, 9.17) is 33.7 Å². The van der Waals surface area contributed by atoms with Crippen LogP contribution in [0.4, 0.5) is 0 Å². The maximum absolute atomic E-state index is 6.20. The molecular formula is C15H17Cl2NOS. The molecule has 2 atom stereocenters. The molecule has 0 radical (unpaired) electrons. The van der Waals surface area contributed by atoms with Gasteiger partial charge in [-0.1, -0.05) is 36.2 Å². The van der Waals surface area contributed by atoms with Crippen LogP contribution >= 0.6 is 34.5 Å². The van der Waals surface area contributed by atoms with Gasteiger partial charge in [-0.2, -0.15) is 0 Å². The normalized spacial score (nSPS) is 14.1. The van der Waals surface area contributed by atoms with Gasteiger partial charge in [-0.15, -0.1) is 11.3 Å². The molecule has 0 fully saturated rings. The van der Waals surface area contributed by atoms with Crippen molar-refractivity contribution in [2.45, 2.75) is 32.4 Å². The van der Waals surface area contributed by atoms with Crippen molar-refractivity contribution in [3.63, 3.8) is 0 Å². The highest BCUT2D eigenvalue weighted by Crippen LogP contribution is 2.36. The molecule has 2 aromatic rings. The van der Waals surface area contributed by atoms with Crippen LogP contribution in [0.1, 0.15) is 29.2 Å². The molecule has 20 heavy (non-hydrogen) atoms. The Bertz CT molecular complexity index is 585. The number of hydrogen-bond acceptors (Lipinski definition) is 3. The Kier molecular flexibility index (Phi) is 5.33. The number of nitrogens with two attached hydrogens (primary N) is 1. The van der Waals surface area contributed by atoms with E-state index in [0.29, 0.717) is 15.8 Å². The number of ether oxygens (including phenoxy) is 1. The van der Waals surface area contributed by atoms with Crippen molar-refractivity contribution >= 4 is 34.5 Å². The van der Waals surface area contributed by atoms with E-state index in [1.807, 2.05) is 19.1 Å². The molecule has 108 valence electrons. The first-order chi connectivity index (χ1) is 9.52. The van der Waals surface area contributed by atoms with E-state index in [2.05, 4.69) is 19.1 Å². The fourth-order valence-corrected chi connectivity index (χ4v) is 3.21. The number of halogens is 2. The second kappa shape index (κ2) is 6.81. The number of hydrogen-bond donors (Lipinski definition) is 1. The summed E-state index contributed by atoms with van der Waals surface area (Å²) in [5.74, 6) is 0.569. The number of benzene rings is 1. The van der Waals surface area contributed by atoms with E-state index in [1.54, 1.807) is 17.4 Å². The van der Waals surface area contributed by atoms with Gasteiger partial charge in [0.15, 0.2) is 0 Å². The predicted molar refractivity (Wildman–Crippen MR) is 87.2 cm³/mol. The molecular weight excluding hydrogens is 313 g/mol. The van der Waals surface area contributed by atoms with Crippen molar-refractivity contribution in [1.82, 2.24) is 0 Å². The van der Waals surface area contributed by atoms with Crippen LogP contribution < -0.4 is 10.5 Å². The van der Waals surface area contributed by atoms with Gasteiger partial charge >= 0.3 is 0 Å². The molecule has 1 heterocycles. The Labute approximate surface area is 133 Å². The Morgan fingerprint density at radius 2 is 2.00 bits per heavy atom. The fourth-order valence-electron chi connectivity index (χ4n) is 1.89. The third-order valence-corrected chi connectivity index (χ3v) is 4.94. The first kappa shape index (κ1) is 15.6. The van der Waals surface area contributed by atoms with Gasteiger partial charge in [-0.25, -0.2) is 0 Å². The lowest BCUT2D eigenvalue weighted by Crippen LogP contribution is -2.31. The molecule has 1 aromatic carbocycles. The van der Waals surface area contributed by atoms with Gasteiger partial charge in [0.25, 0.3) is 0 Å². The molecule has 0 bridgehead atoms. The molecule has 0 saturated heterocycles.